The fourth-order valence-electron chi connectivity index (χ4n) is 2.12. The van der Waals surface area contributed by atoms with Gasteiger partial charge in [0.2, 0.25) is 0 Å². The molecule has 2 aromatic rings. The molecule has 0 unspecified atom stereocenters. The van der Waals surface area contributed by atoms with Crippen molar-refractivity contribution < 1.29 is 13.2 Å². The molecule has 2 aromatic heterocycles. The van der Waals surface area contributed by atoms with Crippen molar-refractivity contribution in [2.75, 3.05) is 18.6 Å². The summed E-state index contributed by atoms with van der Waals surface area (Å²) in [6.45, 7) is 5.85. The molecule has 0 radical (unpaired) electrons. The highest BCUT2D eigenvalue weighted by molar-refractivity contribution is 7.90. The van der Waals surface area contributed by atoms with E-state index in [4.69, 9.17) is 0 Å². The van der Waals surface area contributed by atoms with Gasteiger partial charge in [-0.1, -0.05) is 0 Å². The van der Waals surface area contributed by atoms with Crippen molar-refractivity contribution in [1.29, 1.82) is 0 Å². The lowest BCUT2D eigenvalue weighted by atomic mass is 10.1. The molecule has 0 bridgehead atoms. The third kappa shape index (κ3) is 3.62. The van der Waals surface area contributed by atoms with Crippen LogP contribution in [0.5, 0.6) is 0 Å². The number of nitrogens with one attached hydrogen (secondary N) is 1. The molecule has 0 saturated heterocycles. The highest BCUT2D eigenvalue weighted by Gasteiger charge is 2.15. The van der Waals surface area contributed by atoms with E-state index >= 15 is 0 Å². The van der Waals surface area contributed by atoms with Gasteiger partial charge in [0.05, 0.1) is 23.2 Å². The summed E-state index contributed by atoms with van der Waals surface area (Å²) in [6.07, 6.45) is 2.81. The number of amides is 1. The molecule has 1 N–H and O–H groups in total. The Hall–Kier alpha value is -1.96. The van der Waals surface area contributed by atoms with Crippen molar-refractivity contribution in [3.63, 3.8) is 0 Å². The zero-order valence-electron chi connectivity index (χ0n) is 13.1. The minimum Gasteiger partial charge on any atom is -0.351 e. The van der Waals surface area contributed by atoms with Crippen LogP contribution < -0.4 is 5.32 Å². The lowest BCUT2D eigenvalue weighted by molar-refractivity contribution is 0.0955. The van der Waals surface area contributed by atoms with Gasteiger partial charge >= 0.3 is 0 Å². The summed E-state index contributed by atoms with van der Waals surface area (Å²) in [7, 11) is -3.10. The van der Waals surface area contributed by atoms with Crippen LogP contribution in [0.3, 0.4) is 0 Å². The highest BCUT2D eigenvalue weighted by Crippen LogP contribution is 2.19. The molecule has 0 aliphatic rings. The van der Waals surface area contributed by atoms with Crippen LogP contribution in [0.2, 0.25) is 0 Å². The summed E-state index contributed by atoms with van der Waals surface area (Å²) in [4.78, 5) is 16.6. The first-order valence-electron chi connectivity index (χ1n) is 7.00. The largest absolute Gasteiger partial charge is 0.351 e. The van der Waals surface area contributed by atoms with Crippen LogP contribution in [-0.2, 0) is 9.84 Å². The Balaban J connectivity index is 2.24. The molecular formula is C14H20N4O3S. The Morgan fingerprint density at radius 1 is 1.41 bits per heavy atom. The molecule has 8 heteroatoms. The van der Waals surface area contributed by atoms with Crippen LogP contribution >= 0.6 is 0 Å². The predicted octanol–water partition coefficient (Wildman–Crippen LogP) is 1.10. The van der Waals surface area contributed by atoms with Crippen LogP contribution in [0, 0.1) is 6.92 Å². The summed E-state index contributed by atoms with van der Waals surface area (Å²) in [5.41, 5.74) is 1.76. The van der Waals surface area contributed by atoms with Gasteiger partial charge in [0.25, 0.3) is 5.91 Å². The maximum atomic E-state index is 12.2. The maximum absolute atomic E-state index is 12.2. The normalized spacial score (nSPS) is 12.0. The molecule has 2 rings (SSSR count). The molecule has 0 atom stereocenters. The fraction of sp³-hybridized carbons (Fsp3) is 0.500. The molecule has 0 spiro atoms. The van der Waals surface area contributed by atoms with E-state index in [-0.39, 0.29) is 24.2 Å². The smallest absolute Gasteiger partial charge is 0.253 e. The van der Waals surface area contributed by atoms with Crippen LogP contribution in [0.15, 0.2) is 12.3 Å². The standard InChI is InChI=1S/C14H20N4O3S/c1-9(2)18-13-11(8-16-18)7-12(10(3)17-13)14(19)15-5-6-22(4,20)21/h7-9H,5-6H2,1-4H3,(H,15,19). The van der Waals surface area contributed by atoms with Crippen LogP contribution in [0.25, 0.3) is 11.0 Å². The van der Waals surface area contributed by atoms with Crippen LogP contribution in [0.1, 0.15) is 35.9 Å². The number of sulfone groups is 1. The van der Waals surface area contributed by atoms with E-state index in [2.05, 4.69) is 15.4 Å². The molecule has 0 fully saturated rings. The van der Waals surface area contributed by atoms with Gasteiger partial charge in [-0.05, 0) is 26.8 Å². The Kier molecular flexibility index (Phi) is 4.50. The highest BCUT2D eigenvalue weighted by atomic mass is 32.2. The molecule has 22 heavy (non-hydrogen) atoms. The molecule has 0 aromatic carbocycles. The molecule has 1 amide bonds. The second-order valence-corrected chi connectivity index (χ2v) is 7.86. The summed E-state index contributed by atoms with van der Waals surface area (Å²) >= 11 is 0. The number of hydrogen-bond donors (Lipinski definition) is 1. The lowest BCUT2D eigenvalue weighted by Crippen LogP contribution is -2.29. The van der Waals surface area contributed by atoms with Gasteiger partial charge in [-0.3, -0.25) is 4.79 Å². The number of aryl methyl sites for hydroxylation is 1. The average Bonchev–Trinajstić information content (AvgIpc) is 2.78. The third-order valence-corrected chi connectivity index (χ3v) is 4.20. The number of fused-ring (bicyclic) bond motifs is 1. The summed E-state index contributed by atoms with van der Waals surface area (Å²) in [6, 6.07) is 1.91. The van der Waals surface area contributed by atoms with Gasteiger partial charge in [-0.2, -0.15) is 5.10 Å². The Morgan fingerprint density at radius 2 is 2.09 bits per heavy atom. The second kappa shape index (κ2) is 6.04. The van der Waals surface area contributed by atoms with E-state index in [9.17, 15) is 13.2 Å². The second-order valence-electron chi connectivity index (χ2n) is 5.60. The fourth-order valence-corrected chi connectivity index (χ4v) is 2.59. The number of rotatable bonds is 5. The van der Waals surface area contributed by atoms with E-state index in [0.717, 1.165) is 17.3 Å². The lowest BCUT2D eigenvalue weighted by Gasteiger charge is -2.09. The van der Waals surface area contributed by atoms with Gasteiger partial charge in [0.1, 0.15) is 9.84 Å². The average molecular weight is 324 g/mol. The first kappa shape index (κ1) is 16.4. The Morgan fingerprint density at radius 3 is 2.68 bits per heavy atom. The summed E-state index contributed by atoms with van der Waals surface area (Å²) in [5.74, 6) is -0.411. The number of nitrogens with zero attached hydrogens (tertiary/aromatic N) is 3. The summed E-state index contributed by atoms with van der Waals surface area (Å²) < 4.78 is 24.0. The number of carbonyl (C=O) groups is 1. The van der Waals surface area contributed by atoms with Gasteiger partial charge in [-0.15, -0.1) is 0 Å². The van der Waals surface area contributed by atoms with Crippen LogP contribution in [0.4, 0.5) is 0 Å². The molecule has 0 aliphatic carbocycles. The first-order chi connectivity index (χ1) is 10.2. The van der Waals surface area contributed by atoms with Crippen molar-refractivity contribution in [1.82, 2.24) is 20.1 Å². The van der Waals surface area contributed by atoms with Crippen molar-refractivity contribution in [3.8, 4) is 0 Å². The quantitative estimate of drug-likeness (QED) is 0.888. The zero-order chi connectivity index (χ0) is 16.5. The molecule has 2 heterocycles. The van der Waals surface area contributed by atoms with E-state index in [1.807, 2.05) is 13.8 Å². The van der Waals surface area contributed by atoms with Gasteiger partial charge in [-0.25, -0.2) is 18.1 Å². The van der Waals surface area contributed by atoms with Crippen molar-refractivity contribution in [3.05, 3.63) is 23.5 Å². The third-order valence-electron chi connectivity index (χ3n) is 3.25. The Labute approximate surface area is 129 Å². The number of hydrogen-bond acceptors (Lipinski definition) is 5. The molecule has 0 aliphatic heterocycles. The number of carbonyl (C=O) groups excluding carboxylic acids is 1. The summed E-state index contributed by atoms with van der Waals surface area (Å²) in [5, 5.41) is 7.66. The molecule has 0 saturated carbocycles. The first-order valence-corrected chi connectivity index (χ1v) is 9.06. The van der Waals surface area contributed by atoms with Crippen LogP contribution in [-0.4, -0.2) is 47.6 Å². The van der Waals surface area contributed by atoms with Crippen molar-refractivity contribution in [2.24, 2.45) is 0 Å². The minimum absolute atomic E-state index is 0.0837. The van der Waals surface area contributed by atoms with Crippen molar-refractivity contribution in [2.45, 2.75) is 26.8 Å². The molecule has 7 nitrogen and oxygen atoms in total. The Bertz CT molecular complexity index is 809. The van der Waals surface area contributed by atoms with Crippen molar-refractivity contribution >= 4 is 26.8 Å². The molecule has 120 valence electrons. The number of pyridine rings is 1. The van der Waals surface area contributed by atoms with Gasteiger partial charge < -0.3 is 5.32 Å². The predicted molar refractivity (Wildman–Crippen MR) is 84.7 cm³/mol. The van der Waals surface area contributed by atoms with Gasteiger partial charge in [0, 0.05) is 24.2 Å². The number of aromatic nitrogens is 3. The minimum atomic E-state index is -3.10. The van der Waals surface area contributed by atoms with Gasteiger partial charge in [0.15, 0.2) is 5.65 Å². The van der Waals surface area contributed by atoms with E-state index < -0.39 is 9.84 Å². The molecular weight excluding hydrogens is 304 g/mol. The maximum Gasteiger partial charge on any atom is 0.253 e. The zero-order valence-corrected chi connectivity index (χ0v) is 13.9. The van der Waals surface area contributed by atoms with E-state index in [1.54, 1.807) is 23.9 Å². The topological polar surface area (TPSA) is 93.9 Å². The van der Waals surface area contributed by atoms with E-state index in [0.29, 0.717) is 11.3 Å². The SMILES string of the molecule is Cc1nc2c(cnn2C(C)C)cc1C(=O)NCCS(C)(=O)=O. The van der Waals surface area contributed by atoms with E-state index in [1.165, 1.54) is 0 Å². The monoisotopic (exact) mass is 324 g/mol.